The van der Waals surface area contributed by atoms with Crippen LogP contribution < -0.4 is 0 Å². The molecule has 0 amide bonds. The highest BCUT2D eigenvalue weighted by atomic mass is 35.5. The maximum Gasteiger partial charge on any atom is 0.123 e. The average Bonchev–Trinajstić information content (AvgIpc) is 2.34. The zero-order valence-electron chi connectivity index (χ0n) is 10.6. The zero-order valence-corrected chi connectivity index (χ0v) is 11.3. The van der Waals surface area contributed by atoms with Crippen LogP contribution in [0, 0.1) is 5.82 Å². The number of unbranched alkanes of at least 4 members (excludes halogenated alkanes) is 4. The average molecular weight is 257 g/mol. The molecule has 0 aromatic heterocycles. The third kappa shape index (κ3) is 5.54. The Kier molecular flexibility index (Phi) is 7.27. The van der Waals surface area contributed by atoms with E-state index in [-0.39, 0.29) is 5.82 Å². The summed E-state index contributed by atoms with van der Waals surface area (Å²) in [5.74, 6) is 0.717. The van der Waals surface area contributed by atoms with Crippen LogP contribution >= 0.6 is 11.6 Å². The second-order valence-corrected chi connectivity index (χ2v) is 4.92. The van der Waals surface area contributed by atoms with Crippen molar-refractivity contribution in [3.8, 4) is 0 Å². The Labute approximate surface area is 109 Å². The van der Waals surface area contributed by atoms with Gasteiger partial charge in [0.15, 0.2) is 0 Å². The zero-order chi connectivity index (χ0) is 12.5. The third-order valence-corrected chi connectivity index (χ3v) is 3.53. The first-order valence-corrected chi connectivity index (χ1v) is 7.12. The second-order valence-electron chi connectivity index (χ2n) is 4.61. The number of rotatable bonds is 8. The maximum atomic E-state index is 13.1. The highest BCUT2D eigenvalue weighted by Gasteiger charge is 2.10. The largest absolute Gasteiger partial charge is 0.207 e. The molecule has 1 rings (SSSR count). The standard InChI is InChI=1S/C15H22ClF/c1-2-3-4-5-6-8-14(12-16)13-9-7-10-15(17)11-13/h7,9-11,14H,2-6,8,12H2,1H3. The fraction of sp³-hybridized carbons (Fsp3) is 0.600. The van der Waals surface area contributed by atoms with Crippen LogP contribution in [-0.4, -0.2) is 5.88 Å². The lowest BCUT2D eigenvalue weighted by atomic mass is 9.94. The number of halogens is 2. The van der Waals surface area contributed by atoms with Crippen molar-refractivity contribution in [1.29, 1.82) is 0 Å². The van der Waals surface area contributed by atoms with Crippen LogP contribution in [0.2, 0.25) is 0 Å². The summed E-state index contributed by atoms with van der Waals surface area (Å²) in [6.07, 6.45) is 7.39. The number of hydrogen-bond donors (Lipinski definition) is 0. The summed E-state index contributed by atoms with van der Waals surface area (Å²) in [6, 6.07) is 6.83. The van der Waals surface area contributed by atoms with Gasteiger partial charge in [-0.2, -0.15) is 0 Å². The van der Waals surface area contributed by atoms with Crippen LogP contribution in [0.4, 0.5) is 4.39 Å². The van der Waals surface area contributed by atoms with Gasteiger partial charge in [0.25, 0.3) is 0 Å². The molecule has 96 valence electrons. The highest BCUT2D eigenvalue weighted by Crippen LogP contribution is 2.24. The van der Waals surface area contributed by atoms with E-state index in [2.05, 4.69) is 6.92 Å². The molecule has 0 aliphatic carbocycles. The third-order valence-electron chi connectivity index (χ3n) is 3.16. The minimum atomic E-state index is -0.163. The van der Waals surface area contributed by atoms with Crippen LogP contribution in [0.1, 0.15) is 56.9 Å². The van der Waals surface area contributed by atoms with Crippen molar-refractivity contribution in [2.75, 3.05) is 5.88 Å². The molecule has 0 nitrogen and oxygen atoms in total. The van der Waals surface area contributed by atoms with Crippen LogP contribution in [0.3, 0.4) is 0 Å². The molecular weight excluding hydrogens is 235 g/mol. The maximum absolute atomic E-state index is 13.1. The molecule has 0 heterocycles. The van der Waals surface area contributed by atoms with E-state index in [0.29, 0.717) is 11.8 Å². The van der Waals surface area contributed by atoms with Crippen molar-refractivity contribution in [2.24, 2.45) is 0 Å². The topological polar surface area (TPSA) is 0 Å². The molecule has 0 saturated heterocycles. The summed E-state index contributed by atoms with van der Waals surface area (Å²) in [5.41, 5.74) is 1.04. The Morgan fingerprint density at radius 3 is 2.59 bits per heavy atom. The molecule has 2 heteroatoms. The van der Waals surface area contributed by atoms with E-state index in [4.69, 9.17) is 11.6 Å². The molecule has 0 N–H and O–H groups in total. The van der Waals surface area contributed by atoms with E-state index in [1.807, 2.05) is 6.07 Å². The molecule has 1 aromatic rings. The predicted molar refractivity (Wildman–Crippen MR) is 73.2 cm³/mol. The monoisotopic (exact) mass is 256 g/mol. The van der Waals surface area contributed by atoms with Gasteiger partial charge < -0.3 is 0 Å². The van der Waals surface area contributed by atoms with Crippen molar-refractivity contribution in [3.05, 3.63) is 35.6 Å². The normalized spacial score (nSPS) is 12.6. The molecule has 0 aliphatic heterocycles. The molecule has 0 radical (unpaired) electrons. The molecule has 0 bridgehead atoms. The Balaban J connectivity index is 2.38. The fourth-order valence-electron chi connectivity index (χ4n) is 2.09. The van der Waals surface area contributed by atoms with Crippen LogP contribution in [0.25, 0.3) is 0 Å². The Hall–Kier alpha value is -0.560. The van der Waals surface area contributed by atoms with E-state index < -0.39 is 0 Å². The summed E-state index contributed by atoms with van der Waals surface area (Å²) < 4.78 is 13.1. The lowest BCUT2D eigenvalue weighted by molar-refractivity contribution is 0.564. The Morgan fingerprint density at radius 1 is 1.18 bits per heavy atom. The molecule has 1 aromatic carbocycles. The quantitative estimate of drug-likeness (QED) is 0.425. The summed E-state index contributed by atoms with van der Waals surface area (Å²) in [5, 5.41) is 0. The van der Waals surface area contributed by atoms with Crippen molar-refractivity contribution in [3.63, 3.8) is 0 Å². The first-order chi connectivity index (χ1) is 8.27. The van der Waals surface area contributed by atoms with Crippen molar-refractivity contribution in [2.45, 2.75) is 51.4 Å². The fourth-order valence-corrected chi connectivity index (χ4v) is 2.42. The van der Waals surface area contributed by atoms with Gasteiger partial charge in [0, 0.05) is 5.88 Å². The van der Waals surface area contributed by atoms with Crippen LogP contribution in [0.5, 0.6) is 0 Å². The molecular formula is C15H22ClF. The minimum Gasteiger partial charge on any atom is -0.207 e. The summed E-state index contributed by atoms with van der Waals surface area (Å²) in [4.78, 5) is 0. The van der Waals surface area contributed by atoms with E-state index in [9.17, 15) is 4.39 Å². The van der Waals surface area contributed by atoms with E-state index in [1.165, 1.54) is 38.2 Å². The Morgan fingerprint density at radius 2 is 1.94 bits per heavy atom. The van der Waals surface area contributed by atoms with E-state index >= 15 is 0 Å². The molecule has 1 unspecified atom stereocenters. The summed E-state index contributed by atoms with van der Waals surface area (Å²) in [6.45, 7) is 2.22. The van der Waals surface area contributed by atoms with Gasteiger partial charge in [-0.05, 0) is 30.0 Å². The van der Waals surface area contributed by atoms with Gasteiger partial charge in [-0.1, -0.05) is 51.2 Å². The van der Waals surface area contributed by atoms with Gasteiger partial charge in [0.2, 0.25) is 0 Å². The van der Waals surface area contributed by atoms with Gasteiger partial charge in [0.05, 0.1) is 0 Å². The molecule has 0 aliphatic rings. The molecule has 0 saturated carbocycles. The van der Waals surface area contributed by atoms with Crippen LogP contribution in [-0.2, 0) is 0 Å². The second kappa shape index (κ2) is 8.52. The molecule has 1 atom stereocenters. The highest BCUT2D eigenvalue weighted by molar-refractivity contribution is 6.18. The SMILES string of the molecule is CCCCCCCC(CCl)c1cccc(F)c1. The lowest BCUT2D eigenvalue weighted by Crippen LogP contribution is -2.01. The molecule has 17 heavy (non-hydrogen) atoms. The Bertz CT molecular complexity index is 312. The van der Waals surface area contributed by atoms with Gasteiger partial charge in [0.1, 0.15) is 5.82 Å². The first-order valence-electron chi connectivity index (χ1n) is 6.59. The van der Waals surface area contributed by atoms with Crippen molar-refractivity contribution < 1.29 is 4.39 Å². The first kappa shape index (κ1) is 14.5. The molecule has 0 spiro atoms. The number of alkyl halides is 1. The van der Waals surface area contributed by atoms with Gasteiger partial charge >= 0.3 is 0 Å². The van der Waals surface area contributed by atoms with Crippen molar-refractivity contribution in [1.82, 2.24) is 0 Å². The lowest BCUT2D eigenvalue weighted by Gasteiger charge is -2.14. The van der Waals surface area contributed by atoms with E-state index in [0.717, 1.165) is 12.0 Å². The molecule has 0 fully saturated rings. The predicted octanol–water partition coefficient (Wildman–Crippen LogP) is 5.51. The van der Waals surface area contributed by atoms with Crippen molar-refractivity contribution >= 4 is 11.6 Å². The smallest absolute Gasteiger partial charge is 0.123 e. The number of hydrogen-bond acceptors (Lipinski definition) is 0. The van der Waals surface area contributed by atoms with Gasteiger partial charge in [-0.15, -0.1) is 11.6 Å². The minimum absolute atomic E-state index is 0.163. The van der Waals surface area contributed by atoms with E-state index in [1.54, 1.807) is 12.1 Å². The summed E-state index contributed by atoms with van der Waals surface area (Å²) in [7, 11) is 0. The van der Waals surface area contributed by atoms with Gasteiger partial charge in [-0.3, -0.25) is 0 Å². The van der Waals surface area contributed by atoms with Crippen LogP contribution in [0.15, 0.2) is 24.3 Å². The summed E-state index contributed by atoms with van der Waals surface area (Å²) >= 11 is 5.97. The van der Waals surface area contributed by atoms with Gasteiger partial charge in [-0.25, -0.2) is 4.39 Å². The number of benzene rings is 1.